The number of hydrogen-bond donors (Lipinski definition) is 1. The van der Waals surface area contributed by atoms with Gasteiger partial charge in [-0.15, -0.1) is 0 Å². The lowest BCUT2D eigenvalue weighted by Crippen LogP contribution is -2.46. The number of amides is 1. The van der Waals surface area contributed by atoms with E-state index in [1.807, 2.05) is 0 Å². The molecular formula is C13H25N3O. The summed E-state index contributed by atoms with van der Waals surface area (Å²) in [4.78, 5) is 16.7. The first kappa shape index (κ1) is 12.8. The Bertz CT molecular complexity index is 261. The minimum Gasteiger partial charge on any atom is -0.325 e. The number of hydrogen-bond acceptors (Lipinski definition) is 3. The molecule has 0 aliphatic carbocycles. The normalized spacial score (nSPS) is 28.0. The average molecular weight is 239 g/mol. The predicted molar refractivity (Wildman–Crippen MR) is 68.7 cm³/mol. The molecule has 1 atom stereocenters. The van der Waals surface area contributed by atoms with E-state index in [0.29, 0.717) is 11.9 Å². The number of likely N-dealkylation sites (tertiary alicyclic amines) is 1. The summed E-state index contributed by atoms with van der Waals surface area (Å²) in [6.45, 7) is 8.57. The molecule has 0 spiro atoms. The summed E-state index contributed by atoms with van der Waals surface area (Å²) < 4.78 is 0. The molecule has 0 saturated carbocycles. The van der Waals surface area contributed by atoms with Gasteiger partial charge in [-0.05, 0) is 32.2 Å². The van der Waals surface area contributed by atoms with Gasteiger partial charge in [0.1, 0.15) is 0 Å². The Morgan fingerprint density at radius 2 is 2.00 bits per heavy atom. The molecule has 0 radical (unpaired) electrons. The molecule has 17 heavy (non-hydrogen) atoms. The van der Waals surface area contributed by atoms with Gasteiger partial charge in [0.25, 0.3) is 0 Å². The molecule has 98 valence electrons. The first-order valence-corrected chi connectivity index (χ1v) is 7.02. The van der Waals surface area contributed by atoms with Gasteiger partial charge in [-0.3, -0.25) is 10.1 Å². The number of carbonyl (C=O) groups excluding carboxylic acids is 1. The number of carbonyl (C=O) groups is 1. The van der Waals surface area contributed by atoms with E-state index in [9.17, 15) is 4.79 Å². The van der Waals surface area contributed by atoms with Crippen molar-refractivity contribution in [2.75, 3.05) is 26.3 Å². The highest BCUT2D eigenvalue weighted by Crippen LogP contribution is 2.20. The second-order valence-corrected chi connectivity index (χ2v) is 5.20. The topological polar surface area (TPSA) is 35.6 Å². The van der Waals surface area contributed by atoms with Crippen LogP contribution >= 0.6 is 0 Å². The third kappa shape index (κ3) is 2.80. The third-order valence-corrected chi connectivity index (χ3v) is 4.04. The molecule has 2 rings (SSSR count). The minimum absolute atomic E-state index is 0.0728. The maximum Gasteiger partial charge on any atom is 0.241 e. The summed E-state index contributed by atoms with van der Waals surface area (Å²) in [6, 6.07) is 0.545. The largest absolute Gasteiger partial charge is 0.325 e. The minimum atomic E-state index is 0.0728. The lowest BCUT2D eigenvalue weighted by atomic mass is 10.0. The number of nitrogens with zero attached hydrogens (tertiary/aromatic N) is 2. The fraction of sp³-hybridized carbons (Fsp3) is 0.923. The summed E-state index contributed by atoms with van der Waals surface area (Å²) in [5, 5.41) is 3.30. The standard InChI is InChI=1S/C13H25N3O/c1-3-7-15-8-5-11(6-9-15)16-10-14-12(4-2)13(16)17/h11-12,14H,3-10H2,1-2H3. The van der Waals surface area contributed by atoms with Gasteiger partial charge in [-0.25, -0.2) is 0 Å². The molecule has 2 saturated heterocycles. The monoisotopic (exact) mass is 239 g/mol. The lowest BCUT2D eigenvalue weighted by Gasteiger charge is -2.36. The first-order valence-electron chi connectivity index (χ1n) is 7.02. The van der Waals surface area contributed by atoms with Crippen LogP contribution in [-0.4, -0.2) is 54.1 Å². The Balaban J connectivity index is 1.83. The molecule has 2 fully saturated rings. The van der Waals surface area contributed by atoms with E-state index in [0.717, 1.165) is 39.0 Å². The summed E-state index contributed by atoms with van der Waals surface area (Å²) in [7, 11) is 0. The quantitative estimate of drug-likeness (QED) is 0.796. The van der Waals surface area contributed by atoms with Gasteiger partial charge in [-0.2, -0.15) is 0 Å². The van der Waals surface area contributed by atoms with Crippen LogP contribution in [0.2, 0.25) is 0 Å². The van der Waals surface area contributed by atoms with Gasteiger partial charge in [0.2, 0.25) is 5.91 Å². The maximum atomic E-state index is 12.1. The molecule has 4 nitrogen and oxygen atoms in total. The summed E-state index contributed by atoms with van der Waals surface area (Å²) in [5.74, 6) is 0.321. The second-order valence-electron chi connectivity index (χ2n) is 5.20. The van der Waals surface area contributed by atoms with Crippen LogP contribution in [0.25, 0.3) is 0 Å². The summed E-state index contributed by atoms with van der Waals surface area (Å²) in [6.07, 6.45) is 4.42. The summed E-state index contributed by atoms with van der Waals surface area (Å²) in [5.41, 5.74) is 0. The van der Waals surface area contributed by atoms with Gasteiger partial charge >= 0.3 is 0 Å². The van der Waals surface area contributed by atoms with Crippen molar-refractivity contribution in [1.29, 1.82) is 0 Å². The maximum absolute atomic E-state index is 12.1. The van der Waals surface area contributed by atoms with Gasteiger partial charge < -0.3 is 9.80 Å². The Morgan fingerprint density at radius 1 is 1.29 bits per heavy atom. The SMILES string of the molecule is CCCN1CCC(N2CNC(CC)C2=O)CC1. The van der Waals surface area contributed by atoms with Gasteiger partial charge in [0.05, 0.1) is 12.7 Å². The van der Waals surface area contributed by atoms with E-state index in [1.165, 1.54) is 13.0 Å². The fourth-order valence-corrected chi connectivity index (χ4v) is 2.97. The predicted octanol–water partition coefficient (Wildman–Crippen LogP) is 1.03. The molecule has 0 aromatic carbocycles. The zero-order chi connectivity index (χ0) is 12.3. The number of piperidine rings is 1. The van der Waals surface area contributed by atoms with E-state index in [1.54, 1.807) is 0 Å². The van der Waals surface area contributed by atoms with E-state index in [4.69, 9.17) is 0 Å². The van der Waals surface area contributed by atoms with Crippen LogP contribution in [0.15, 0.2) is 0 Å². The highest BCUT2D eigenvalue weighted by molar-refractivity contribution is 5.84. The molecule has 1 unspecified atom stereocenters. The summed E-state index contributed by atoms with van der Waals surface area (Å²) >= 11 is 0. The van der Waals surface area contributed by atoms with Crippen LogP contribution in [0.1, 0.15) is 39.5 Å². The van der Waals surface area contributed by atoms with E-state index < -0.39 is 0 Å². The zero-order valence-corrected chi connectivity index (χ0v) is 11.1. The van der Waals surface area contributed by atoms with Crippen molar-refractivity contribution in [3.63, 3.8) is 0 Å². The van der Waals surface area contributed by atoms with Crippen molar-refractivity contribution in [3.8, 4) is 0 Å². The van der Waals surface area contributed by atoms with Crippen molar-refractivity contribution in [2.45, 2.75) is 51.6 Å². The van der Waals surface area contributed by atoms with Gasteiger partial charge in [-0.1, -0.05) is 13.8 Å². The van der Waals surface area contributed by atoms with Crippen molar-refractivity contribution in [1.82, 2.24) is 15.1 Å². The average Bonchev–Trinajstić information content (AvgIpc) is 2.72. The fourth-order valence-electron chi connectivity index (χ4n) is 2.97. The van der Waals surface area contributed by atoms with Crippen LogP contribution in [0, 0.1) is 0 Å². The molecule has 4 heteroatoms. The molecule has 0 aromatic heterocycles. The second kappa shape index (κ2) is 5.83. The van der Waals surface area contributed by atoms with Crippen LogP contribution in [0.5, 0.6) is 0 Å². The third-order valence-electron chi connectivity index (χ3n) is 4.04. The van der Waals surface area contributed by atoms with Crippen LogP contribution in [-0.2, 0) is 4.79 Å². The Morgan fingerprint density at radius 3 is 2.53 bits per heavy atom. The van der Waals surface area contributed by atoms with Crippen molar-refractivity contribution in [3.05, 3.63) is 0 Å². The highest BCUT2D eigenvalue weighted by Gasteiger charge is 2.35. The molecule has 0 aromatic rings. The molecule has 2 aliphatic rings. The van der Waals surface area contributed by atoms with Crippen molar-refractivity contribution >= 4 is 5.91 Å². The van der Waals surface area contributed by atoms with E-state index >= 15 is 0 Å². The molecule has 2 heterocycles. The zero-order valence-electron chi connectivity index (χ0n) is 11.1. The van der Waals surface area contributed by atoms with E-state index in [2.05, 4.69) is 29.0 Å². The molecular weight excluding hydrogens is 214 g/mol. The van der Waals surface area contributed by atoms with Crippen LogP contribution in [0.3, 0.4) is 0 Å². The number of rotatable bonds is 4. The highest BCUT2D eigenvalue weighted by atomic mass is 16.2. The number of nitrogens with one attached hydrogen (secondary N) is 1. The Labute approximate surface area is 104 Å². The van der Waals surface area contributed by atoms with Crippen molar-refractivity contribution < 1.29 is 4.79 Å². The van der Waals surface area contributed by atoms with Gasteiger partial charge in [0.15, 0.2) is 0 Å². The first-order chi connectivity index (χ1) is 8.26. The molecule has 0 bridgehead atoms. The molecule has 2 aliphatic heterocycles. The molecule has 1 amide bonds. The van der Waals surface area contributed by atoms with Gasteiger partial charge in [0, 0.05) is 19.1 Å². The van der Waals surface area contributed by atoms with Crippen LogP contribution < -0.4 is 5.32 Å². The molecule has 1 N–H and O–H groups in total. The van der Waals surface area contributed by atoms with Crippen LogP contribution in [0.4, 0.5) is 0 Å². The Kier molecular flexibility index (Phi) is 4.40. The smallest absolute Gasteiger partial charge is 0.241 e. The van der Waals surface area contributed by atoms with Crippen molar-refractivity contribution in [2.24, 2.45) is 0 Å². The lowest BCUT2D eigenvalue weighted by molar-refractivity contribution is -0.131. The Hall–Kier alpha value is -0.610. The van der Waals surface area contributed by atoms with E-state index in [-0.39, 0.29) is 6.04 Å².